The highest BCUT2D eigenvalue weighted by Gasteiger charge is 2.36. The molecule has 0 saturated heterocycles. The Morgan fingerprint density at radius 2 is 2.06 bits per heavy atom. The highest BCUT2D eigenvalue weighted by atomic mass is 35.5. The Morgan fingerprint density at radius 3 is 2.41 bits per heavy atom. The minimum atomic E-state index is -3.52. The summed E-state index contributed by atoms with van der Waals surface area (Å²) in [5.41, 5.74) is 0.0576. The van der Waals surface area contributed by atoms with Gasteiger partial charge >= 0.3 is 7.60 Å². The Kier molecular flexibility index (Phi) is 5.05. The van der Waals surface area contributed by atoms with Crippen LogP contribution in [0.5, 0.6) is 0 Å². The normalized spacial score (nSPS) is 15.2. The predicted octanol–water partition coefficient (Wildman–Crippen LogP) is 3.01. The van der Waals surface area contributed by atoms with Crippen LogP contribution in [0.2, 0.25) is 10.2 Å². The Morgan fingerprint density at radius 1 is 1.47 bits per heavy atom. The number of nitrogens with zero attached hydrogens (tertiary/aromatic N) is 2. The van der Waals surface area contributed by atoms with Crippen molar-refractivity contribution in [1.29, 1.82) is 0 Å². The van der Waals surface area contributed by atoms with Crippen LogP contribution in [0.4, 0.5) is 0 Å². The van der Waals surface area contributed by atoms with Crippen molar-refractivity contribution in [2.24, 2.45) is 7.05 Å². The van der Waals surface area contributed by atoms with Gasteiger partial charge in [-0.25, -0.2) is 0 Å². The van der Waals surface area contributed by atoms with E-state index in [2.05, 4.69) is 5.10 Å². The molecule has 0 aliphatic heterocycles. The molecule has 0 N–H and O–H groups in total. The molecule has 0 aliphatic carbocycles. The molecule has 0 aromatic carbocycles. The molecule has 1 heterocycles. The van der Waals surface area contributed by atoms with Gasteiger partial charge in [-0.1, -0.05) is 23.2 Å². The van der Waals surface area contributed by atoms with E-state index in [0.717, 1.165) is 0 Å². The number of aromatic nitrogens is 2. The lowest BCUT2D eigenvalue weighted by atomic mass is 10.5. The Balaban J connectivity index is 3.22. The fourth-order valence-corrected chi connectivity index (χ4v) is 3.66. The van der Waals surface area contributed by atoms with Gasteiger partial charge in [-0.2, -0.15) is 5.10 Å². The quantitative estimate of drug-likeness (QED) is 0.785. The molecule has 5 nitrogen and oxygen atoms in total. The molecule has 0 amide bonds. The molecular weight excluding hydrogens is 286 g/mol. The van der Waals surface area contributed by atoms with Crippen LogP contribution >= 0.6 is 30.8 Å². The summed E-state index contributed by atoms with van der Waals surface area (Å²) in [7, 11) is -1.92. The molecule has 1 aromatic heterocycles. The maximum absolute atomic E-state index is 12.5. The highest BCUT2D eigenvalue weighted by Crippen LogP contribution is 2.50. The maximum Gasteiger partial charge on any atom is 0.383 e. The summed E-state index contributed by atoms with van der Waals surface area (Å²) >= 11 is 11.8. The Labute approximate surface area is 111 Å². The highest BCUT2D eigenvalue weighted by molar-refractivity contribution is 7.62. The summed E-state index contributed by atoms with van der Waals surface area (Å²) < 4.78 is 24.4. The second-order valence-electron chi connectivity index (χ2n) is 3.62. The monoisotopic (exact) mass is 300 g/mol. The molecule has 0 radical (unpaired) electrons. The lowest BCUT2D eigenvalue weighted by Gasteiger charge is -2.18. The van der Waals surface area contributed by atoms with Crippen molar-refractivity contribution in [2.45, 2.75) is 26.9 Å². The second kappa shape index (κ2) is 5.72. The largest absolute Gasteiger partial charge is 0.383 e. The van der Waals surface area contributed by atoms with Crippen LogP contribution in [0.3, 0.4) is 0 Å². The lowest BCUT2D eigenvalue weighted by molar-refractivity contribution is 0.180. The summed E-state index contributed by atoms with van der Waals surface area (Å²) in [4.78, 5) is 0. The summed E-state index contributed by atoms with van der Waals surface area (Å²) in [5, 5.41) is 4.30. The topological polar surface area (TPSA) is 53.4 Å². The average Bonchev–Trinajstić information content (AvgIpc) is 2.45. The minimum Gasteiger partial charge on any atom is -0.304 e. The van der Waals surface area contributed by atoms with Gasteiger partial charge in [0, 0.05) is 7.05 Å². The Bertz CT molecular complexity index is 448. The summed E-state index contributed by atoms with van der Waals surface area (Å²) in [6, 6.07) is 0. The van der Waals surface area contributed by atoms with Crippen LogP contribution in [0.1, 0.15) is 20.8 Å². The van der Waals surface area contributed by atoms with Crippen molar-refractivity contribution < 1.29 is 13.6 Å². The molecule has 1 aromatic rings. The number of aryl methyl sites for hydroxylation is 1. The Hall–Kier alpha value is -0.0600. The summed E-state index contributed by atoms with van der Waals surface area (Å²) in [6.45, 7) is 5.46. The third kappa shape index (κ3) is 3.24. The lowest BCUT2D eigenvalue weighted by Crippen LogP contribution is -2.16. The zero-order valence-electron chi connectivity index (χ0n) is 10.1. The van der Waals surface area contributed by atoms with E-state index >= 15 is 0 Å². The molecule has 8 heteroatoms. The second-order valence-corrected chi connectivity index (χ2v) is 6.24. The average molecular weight is 301 g/mol. The summed E-state index contributed by atoms with van der Waals surface area (Å²) in [5.74, 6) is 0. The van der Waals surface area contributed by atoms with Crippen molar-refractivity contribution in [2.75, 3.05) is 6.61 Å². The molecule has 98 valence electrons. The summed E-state index contributed by atoms with van der Waals surface area (Å²) in [6.07, 6.45) is -0.274. The molecule has 1 atom stereocenters. The van der Waals surface area contributed by atoms with E-state index in [1.54, 1.807) is 27.8 Å². The van der Waals surface area contributed by atoms with Crippen LogP contribution in [0.25, 0.3) is 0 Å². The molecule has 17 heavy (non-hydrogen) atoms. The predicted molar refractivity (Wildman–Crippen MR) is 68.3 cm³/mol. The van der Waals surface area contributed by atoms with Gasteiger partial charge < -0.3 is 9.05 Å². The van der Waals surface area contributed by atoms with Crippen LogP contribution in [-0.2, 0) is 20.7 Å². The first-order valence-electron chi connectivity index (χ1n) is 5.13. The molecule has 0 saturated carbocycles. The van der Waals surface area contributed by atoms with Gasteiger partial charge in [-0.05, 0) is 20.8 Å². The molecule has 1 rings (SSSR count). The van der Waals surface area contributed by atoms with Gasteiger partial charge in [0.1, 0.15) is 10.2 Å². The van der Waals surface area contributed by atoms with Crippen molar-refractivity contribution in [1.82, 2.24) is 9.78 Å². The third-order valence-electron chi connectivity index (χ3n) is 1.81. The smallest absolute Gasteiger partial charge is 0.304 e. The zero-order chi connectivity index (χ0) is 13.2. The fraction of sp³-hybridized carbons (Fsp3) is 0.667. The van der Waals surface area contributed by atoms with Crippen LogP contribution < -0.4 is 5.44 Å². The molecule has 0 aliphatic rings. The number of hydrogen-bond donors (Lipinski definition) is 0. The maximum atomic E-state index is 12.5. The first-order valence-corrected chi connectivity index (χ1v) is 7.43. The number of rotatable bonds is 5. The van der Waals surface area contributed by atoms with Crippen molar-refractivity contribution in [3.63, 3.8) is 0 Å². The molecule has 0 bridgehead atoms. The van der Waals surface area contributed by atoms with E-state index in [1.165, 1.54) is 4.68 Å². The van der Waals surface area contributed by atoms with E-state index < -0.39 is 7.60 Å². The van der Waals surface area contributed by atoms with Gasteiger partial charge in [0.25, 0.3) is 0 Å². The van der Waals surface area contributed by atoms with E-state index in [9.17, 15) is 4.57 Å². The molecular formula is C9H15Cl2N2O3P. The van der Waals surface area contributed by atoms with Crippen molar-refractivity contribution in [3.05, 3.63) is 10.2 Å². The molecule has 0 fully saturated rings. The van der Waals surface area contributed by atoms with Crippen LogP contribution in [0.15, 0.2) is 0 Å². The first-order chi connectivity index (χ1) is 7.81. The fourth-order valence-electron chi connectivity index (χ4n) is 1.23. The number of hydrogen-bond acceptors (Lipinski definition) is 4. The van der Waals surface area contributed by atoms with Crippen LogP contribution in [-0.4, -0.2) is 22.5 Å². The van der Waals surface area contributed by atoms with Gasteiger partial charge in [0.2, 0.25) is 0 Å². The van der Waals surface area contributed by atoms with Crippen LogP contribution in [0, 0.1) is 0 Å². The van der Waals surface area contributed by atoms with Crippen molar-refractivity contribution in [3.8, 4) is 0 Å². The van der Waals surface area contributed by atoms with E-state index in [-0.39, 0.29) is 28.3 Å². The standard InChI is InChI=1S/C9H15Cl2N2O3P/c1-5-15-17(14,16-6(2)3)9-7(10)8(11)13(4)12-9/h6H,5H2,1-4H3. The minimum absolute atomic E-state index is 0.0576. The van der Waals surface area contributed by atoms with Gasteiger partial charge in [0.05, 0.1) is 12.7 Å². The first kappa shape index (κ1) is 15.0. The SMILES string of the molecule is CCOP(=O)(OC(C)C)c1nn(C)c(Cl)c1Cl. The number of halogens is 2. The van der Waals surface area contributed by atoms with Crippen molar-refractivity contribution >= 4 is 36.2 Å². The van der Waals surface area contributed by atoms with E-state index in [1.807, 2.05) is 0 Å². The molecule has 1 unspecified atom stereocenters. The van der Waals surface area contributed by atoms with E-state index in [0.29, 0.717) is 0 Å². The van der Waals surface area contributed by atoms with Gasteiger partial charge in [-0.15, -0.1) is 0 Å². The molecule has 0 spiro atoms. The zero-order valence-corrected chi connectivity index (χ0v) is 12.5. The van der Waals surface area contributed by atoms with Gasteiger partial charge in [-0.3, -0.25) is 9.25 Å². The van der Waals surface area contributed by atoms with Gasteiger partial charge in [0.15, 0.2) is 5.44 Å². The van der Waals surface area contributed by atoms with E-state index in [4.69, 9.17) is 32.2 Å². The third-order valence-corrected chi connectivity index (χ3v) is 4.96.